The predicted octanol–water partition coefficient (Wildman–Crippen LogP) is 2.17. The van der Waals surface area contributed by atoms with Crippen molar-refractivity contribution in [3.8, 4) is 0 Å². The van der Waals surface area contributed by atoms with Crippen LogP contribution in [-0.2, 0) is 29.7 Å². The maximum absolute atomic E-state index is 13.1. The van der Waals surface area contributed by atoms with Gasteiger partial charge in [-0.2, -0.15) is 4.31 Å². The third-order valence-electron chi connectivity index (χ3n) is 5.50. The van der Waals surface area contributed by atoms with Gasteiger partial charge in [0.2, 0.25) is 10.0 Å². The number of benzene rings is 1. The van der Waals surface area contributed by atoms with E-state index >= 15 is 0 Å². The first kappa shape index (κ1) is 18.6. The van der Waals surface area contributed by atoms with Crippen molar-refractivity contribution < 1.29 is 8.42 Å². The molecule has 0 unspecified atom stereocenters. The molecule has 27 heavy (non-hydrogen) atoms. The first-order chi connectivity index (χ1) is 13.0. The topological polar surface area (TPSA) is 71.3 Å². The fourth-order valence-corrected chi connectivity index (χ4v) is 5.32. The lowest BCUT2D eigenvalue weighted by Crippen LogP contribution is -2.32. The van der Waals surface area contributed by atoms with Gasteiger partial charge >= 0.3 is 0 Å². The molecule has 1 aromatic carbocycles. The molecule has 3 heterocycles. The zero-order chi connectivity index (χ0) is 18.9. The lowest BCUT2D eigenvalue weighted by Gasteiger charge is -2.26. The van der Waals surface area contributed by atoms with Gasteiger partial charge in [0.15, 0.2) is 0 Å². The summed E-state index contributed by atoms with van der Waals surface area (Å²) in [5.41, 5.74) is 2.91. The molecule has 1 fully saturated rings. The van der Waals surface area contributed by atoms with Crippen molar-refractivity contribution in [2.24, 2.45) is 0 Å². The van der Waals surface area contributed by atoms with Gasteiger partial charge in [0.05, 0.1) is 17.1 Å². The number of rotatable bonds is 4. The van der Waals surface area contributed by atoms with Gasteiger partial charge in [-0.1, -0.05) is 29.3 Å². The van der Waals surface area contributed by atoms with E-state index in [1.165, 1.54) is 19.3 Å². The Hall–Kier alpha value is -1.77. The summed E-state index contributed by atoms with van der Waals surface area (Å²) in [4.78, 5) is 2.75. The summed E-state index contributed by atoms with van der Waals surface area (Å²) in [5, 5.41) is 8.69. The molecule has 146 valence electrons. The number of aryl methyl sites for hydroxylation is 2. The molecule has 2 aliphatic heterocycles. The number of hydrogen-bond donors (Lipinski definition) is 0. The predicted molar refractivity (Wildman–Crippen MR) is 103 cm³/mol. The largest absolute Gasteiger partial charge is 0.297 e. The Labute approximate surface area is 161 Å². The molecule has 2 aliphatic rings. The molecule has 0 aliphatic carbocycles. The molecule has 0 N–H and O–H groups in total. The van der Waals surface area contributed by atoms with Gasteiger partial charge in [0, 0.05) is 19.6 Å². The summed E-state index contributed by atoms with van der Waals surface area (Å²) in [7, 11) is -3.52. The average Bonchev–Trinajstić information content (AvgIpc) is 2.90. The Morgan fingerprint density at radius 3 is 2.44 bits per heavy atom. The lowest BCUT2D eigenvalue weighted by atomic mass is 10.1. The van der Waals surface area contributed by atoms with Crippen molar-refractivity contribution in [3.63, 3.8) is 0 Å². The number of nitrogens with zero attached hydrogens (tertiary/aromatic N) is 5. The van der Waals surface area contributed by atoms with Gasteiger partial charge in [-0.15, -0.1) is 5.10 Å². The van der Waals surface area contributed by atoms with Gasteiger partial charge in [-0.25, -0.2) is 13.1 Å². The van der Waals surface area contributed by atoms with Crippen LogP contribution in [-0.4, -0.2) is 52.3 Å². The summed E-state index contributed by atoms with van der Waals surface area (Å²) < 4.78 is 29.8. The molecular weight excluding hydrogens is 362 g/mol. The minimum absolute atomic E-state index is 0.340. The highest BCUT2D eigenvalue weighted by Gasteiger charge is 2.30. The zero-order valence-corrected chi connectivity index (χ0v) is 16.7. The van der Waals surface area contributed by atoms with E-state index in [0.29, 0.717) is 24.5 Å². The van der Waals surface area contributed by atoms with Crippen LogP contribution >= 0.6 is 0 Å². The van der Waals surface area contributed by atoms with Gasteiger partial charge in [-0.05, 0) is 51.4 Å². The Morgan fingerprint density at radius 1 is 0.963 bits per heavy atom. The molecule has 0 amide bonds. The summed E-state index contributed by atoms with van der Waals surface area (Å²) in [6.45, 7) is 6.43. The first-order valence-corrected chi connectivity index (χ1v) is 11.2. The number of sulfonamides is 1. The van der Waals surface area contributed by atoms with Crippen LogP contribution < -0.4 is 0 Å². The van der Waals surface area contributed by atoms with Crippen molar-refractivity contribution in [2.45, 2.75) is 57.1 Å². The summed E-state index contributed by atoms with van der Waals surface area (Å²) in [6.07, 6.45) is 4.47. The third-order valence-corrected chi connectivity index (χ3v) is 7.36. The van der Waals surface area contributed by atoms with Gasteiger partial charge in [0.1, 0.15) is 5.69 Å². The van der Waals surface area contributed by atoms with E-state index in [4.69, 9.17) is 0 Å². The molecule has 8 heteroatoms. The van der Waals surface area contributed by atoms with E-state index < -0.39 is 10.0 Å². The number of hydrogen-bond acceptors (Lipinski definition) is 5. The molecule has 0 spiro atoms. The molecule has 2 aromatic rings. The average molecular weight is 390 g/mol. The van der Waals surface area contributed by atoms with Crippen molar-refractivity contribution >= 4 is 10.0 Å². The Bertz CT molecular complexity index is 885. The van der Waals surface area contributed by atoms with E-state index in [1.807, 2.05) is 23.7 Å². The van der Waals surface area contributed by atoms with Crippen molar-refractivity contribution in [1.82, 2.24) is 24.2 Å². The first-order valence-electron chi connectivity index (χ1n) is 9.74. The number of aromatic nitrogens is 3. The summed E-state index contributed by atoms with van der Waals surface area (Å²) >= 11 is 0. The van der Waals surface area contributed by atoms with Crippen LogP contribution in [0.1, 0.15) is 42.6 Å². The van der Waals surface area contributed by atoms with Gasteiger partial charge in [0.25, 0.3) is 0 Å². The fraction of sp³-hybridized carbons (Fsp3) is 0.579. The molecule has 7 nitrogen and oxygen atoms in total. The van der Waals surface area contributed by atoms with Crippen molar-refractivity contribution in [3.05, 3.63) is 41.2 Å². The standard InChI is InChI=1S/C19H27N5O2S/c1-16-6-8-17(9-7-16)27(25,26)23-12-5-13-24-19(15-23)18(20-21-24)14-22-10-3-2-4-11-22/h6-9H,2-5,10-15H2,1H3. The maximum atomic E-state index is 13.1. The lowest BCUT2D eigenvalue weighted by molar-refractivity contribution is 0.217. The Kier molecular flexibility index (Phi) is 5.29. The summed E-state index contributed by atoms with van der Waals surface area (Å²) in [6, 6.07) is 7.08. The fourth-order valence-electron chi connectivity index (χ4n) is 3.88. The molecule has 0 bridgehead atoms. The highest BCUT2D eigenvalue weighted by Crippen LogP contribution is 2.24. The molecule has 0 radical (unpaired) electrons. The SMILES string of the molecule is Cc1ccc(S(=O)(=O)N2CCCn3nnc(CN4CCCCC4)c3C2)cc1. The second-order valence-corrected chi connectivity index (χ2v) is 9.49. The molecule has 0 saturated carbocycles. The molecule has 1 saturated heterocycles. The third kappa shape index (κ3) is 3.93. The summed E-state index contributed by atoms with van der Waals surface area (Å²) in [5.74, 6) is 0. The minimum atomic E-state index is -3.52. The van der Waals surface area contributed by atoms with E-state index in [-0.39, 0.29) is 0 Å². The minimum Gasteiger partial charge on any atom is -0.297 e. The van der Waals surface area contributed by atoms with E-state index in [9.17, 15) is 8.42 Å². The molecule has 1 aromatic heterocycles. The highest BCUT2D eigenvalue weighted by atomic mass is 32.2. The second-order valence-electron chi connectivity index (χ2n) is 7.55. The van der Waals surface area contributed by atoms with Crippen LogP contribution in [0.25, 0.3) is 0 Å². The number of likely N-dealkylation sites (tertiary alicyclic amines) is 1. The van der Waals surface area contributed by atoms with Crippen LogP contribution in [0.15, 0.2) is 29.2 Å². The highest BCUT2D eigenvalue weighted by molar-refractivity contribution is 7.89. The van der Waals surface area contributed by atoms with Crippen LogP contribution in [0, 0.1) is 6.92 Å². The van der Waals surface area contributed by atoms with E-state index in [0.717, 1.165) is 43.0 Å². The quantitative estimate of drug-likeness (QED) is 0.801. The number of piperidine rings is 1. The monoisotopic (exact) mass is 389 g/mol. The normalized spacial score (nSPS) is 19.6. The van der Waals surface area contributed by atoms with E-state index in [1.54, 1.807) is 16.4 Å². The van der Waals surface area contributed by atoms with Crippen LogP contribution in [0.5, 0.6) is 0 Å². The van der Waals surface area contributed by atoms with Crippen LogP contribution in [0.3, 0.4) is 0 Å². The maximum Gasteiger partial charge on any atom is 0.243 e. The van der Waals surface area contributed by atoms with Crippen molar-refractivity contribution in [2.75, 3.05) is 19.6 Å². The molecule has 4 rings (SSSR count). The van der Waals surface area contributed by atoms with E-state index in [2.05, 4.69) is 15.2 Å². The molecular formula is C19H27N5O2S. The van der Waals surface area contributed by atoms with Crippen molar-refractivity contribution in [1.29, 1.82) is 0 Å². The zero-order valence-electron chi connectivity index (χ0n) is 15.8. The van der Waals surface area contributed by atoms with Crippen LogP contribution in [0.2, 0.25) is 0 Å². The Balaban J connectivity index is 1.58. The second kappa shape index (κ2) is 7.69. The Morgan fingerprint density at radius 2 is 1.70 bits per heavy atom. The molecule has 0 atom stereocenters. The van der Waals surface area contributed by atoms with Gasteiger partial charge < -0.3 is 0 Å². The van der Waals surface area contributed by atoms with Crippen LogP contribution in [0.4, 0.5) is 0 Å². The number of fused-ring (bicyclic) bond motifs is 1. The smallest absolute Gasteiger partial charge is 0.243 e. The van der Waals surface area contributed by atoms with Gasteiger partial charge in [-0.3, -0.25) is 4.90 Å².